The maximum absolute atomic E-state index is 12.0. The van der Waals surface area contributed by atoms with Gasteiger partial charge in [-0.05, 0) is 30.9 Å². The van der Waals surface area contributed by atoms with Crippen molar-refractivity contribution in [3.63, 3.8) is 0 Å². The molecule has 0 bridgehead atoms. The van der Waals surface area contributed by atoms with Gasteiger partial charge in [0.1, 0.15) is 0 Å². The largest absolute Gasteiger partial charge is 0.392 e. The molecule has 3 nitrogen and oxygen atoms in total. The van der Waals surface area contributed by atoms with Gasteiger partial charge < -0.3 is 10.0 Å². The molecule has 1 N–H and O–H groups in total. The number of carbonyl (C=O) groups excluding carboxylic acids is 1. The van der Waals surface area contributed by atoms with Crippen molar-refractivity contribution in [3.05, 3.63) is 35.4 Å². The maximum atomic E-state index is 12.0. The van der Waals surface area contributed by atoms with E-state index in [0.29, 0.717) is 12.1 Å². The van der Waals surface area contributed by atoms with E-state index in [1.807, 2.05) is 24.3 Å². The second kappa shape index (κ2) is 6.67. The van der Waals surface area contributed by atoms with Crippen LogP contribution in [-0.4, -0.2) is 41.9 Å². The van der Waals surface area contributed by atoms with Crippen LogP contribution in [0.15, 0.2) is 24.3 Å². The molecule has 1 atom stereocenters. The lowest BCUT2D eigenvalue weighted by molar-refractivity contribution is 0.0703. The Kier molecular flexibility index (Phi) is 5.51. The smallest absolute Gasteiger partial charge is 0.253 e. The molecule has 17 heavy (non-hydrogen) atoms. The van der Waals surface area contributed by atoms with E-state index in [1.165, 1.54) is 10.5 Å². The van der Waals surface area contributed by atoms with Crippen molar-refractivity contribution in [2.24, 2.45) is 0 Å². The number of hydrogen-bond acceptors (Lipinski definition) is 3. The number of likely N-dealkylation sites (N-methyl/N-ethyl adjacent to an activating group) is 1. The SMILES string of the molecule is CSCc1ccc(C(=O)N(C)CC(C)O)cc1. The van der Waals surface area contributed by atoms with Crippen molar-refractivity contribution in [3.8, 4) is 0 Å². The molecule has 4 heteroatoms. The lowest BCUT2D eigenvalue weighted by Crippen LogP contribution is -2.32. The third-order valence-corrected chi connectivity index (χ3v) is 3.02. The first kappa shape index (κ1) is 14.1. The standard InChI is InChI=1S/C13H19NO2S/c1-10(15)8-14(2)13(16)12-6-4-11(5-7-12)9-17-3/h4-7,10,15H,8-9H2,1-3H3. The summed E-state index contributed by atoms with van der Waals surface area (Å²) in [5.74, 6) is 0.902. The number of aliphatic hydroxyl groups is 1. The Morgan fingerprint density at radius 1 is 1.41 bits per heavy atom. The third-order valence-electron chi connectivity index (χ3n) is 2.40. The average molecular weight is 253 g/mol. The second-order valence-corrected chi connectivity index (χ2v) is 5.03. The topological polar surface area (TPSA) is 40.5 Å². The van der Waals surface area contributed by atoms with Gasteiger partial charge in [0.05, 0.1) is 6.10 Å². The van der Waals surface area contributed by atoms with Gasteiger partial charge in [-0.15, -0.1) is 0 Å². The molecular weight excluding hydrogens is 234 g/mol. The molecule has 1 aromatic carbocycles. The summed E-state index contributed by atoms with van der Waals surface area (Å²) in [6, 6.07) is 7.62. The highest BCUT2D eigenvalue weighted by atomic mass is 32.2. The van der Waals surface area contributed by atoms with Crippen LogP contribution in [0.25, 0.3) is 0 Å². The fourth-order valence-corrected chi connectivity index (χ4v) is 2.14. The molecule has 1 aromatic rings. The zero-order chi connectivity index (χ0) is 12.8. The number of carbonyl (C=O) groups is 1. The van der Waals surface area contributed by atoms with E-state index in [2.05, 4.69) is 6.26 Å². The Hall–Kier alpha value is -1.00. The molecular formula is C13H19NO2S. The van der Waals surface area contributed by atoms with Crippen molar-refractivity contribution in [1.82, 2.24) is 4.90 Å². The highest BCUT2D eigenvalue weighted by Gasteiger charge is 2.12. The Labute approximate surface area is 107 Å². The molecule has 0 saturated heterocycles. The molecule has 0 spiro atoms. The predicted octanol–water partition coefficient (Wildman–Crippen LogP) is 2.00. The van der Waals surface area contributed by atoms with Crippen LogP contribution in [-0.2, 0) is 5.75 Å². The Balaban J connectivity index is 2.69. The van der Waals surface area contributed by atoms with Gasteiger partial charge in [-0.1, -0.05) is 12.1 Å². The van der Waals surface area contributed by atoms with E-state index in [4.69, 9.17) is 0 Å². The van der Waals surface area contributed by atoms with Gasteiger partial charge in [0, 0.05) is 24.9 Å². The number of nitrogens with zero attached hydrogens (tertiary/aromatic N) is 1. The summed E-state index contributed by atoms with van der Waals surface area (Å²) in [4.78, 5) is 13.5. The fraction of sp³-hybridized carbons (Fsp3) is 0.462. The van der Waals surface area contributed by atoms with Crippen LogP contribution in [0.3, 0.4) is 0 Å². The van der Waals surface area contributed by atoms with Crippen LogP contribution >= 0.6 is 11.8 Å². The molecule has 1 unspecified atom stereocenters. The summed E-state index contributed by atoms with van der Waals surface area (Å²) in [5.41, 5.74) is 1.88. The van der Waals surface area contributed by atoms with Crippen molar-refractivity contribution in [1.29, 1.82) is 0 Å². The van der Waals surface area contributed by atoms with Crippen LogP contribution in [0, 0.1) is 0 Å². The highest BCUT2D eigenvalue weighted by Crippen LogP contribution is 2.11. The molecule has 1 rings (SSSR count). The Morgan fingerprint density at radius 2 is 2.00 bits per heavy atom. The quantitative estimate of drug-likeness (QED) is 0.872. The number of amides is 1. The van der Waals surface area contributed by atoms with E-state index in [0.717, 1.165) is 5.75 Å². The molecule has 1 amide bonds. The van der Waals surface area contributed by atoms with Crippen LogP contribution in [0.1, 0.15) is 22.8 Å². The van der Waals surface area contributed by atoms with Crippen molar-refractivity contribution in [2.75, 3.05) is 19.8 Å². The predicted molar refractivity (Wildman–Crippen MR) is 72.3 cm³/mol. The molecule has 0 saturated carbocycles. The first-order valence-corrected chi connectivity index (χ1v) is 6.95. The number of hydrogen-bond donors (Lipinski definition) is 1. The van der Waals surface area contributed by atoms with Gasteiger partial charge in [-0.3, -0.25) is 4.79 Å². The van der Waals surface area contributed by atoms with Gasteiger partial charge in [0.15, 0.2) is 0 Å². The zero-order valence-electron chi connectivity index (χ0n) is 10.5. The second-order valence-electron chi connectivity index (χ2n) is 4.16. The van der Waals surface area contributed by atoms with Gasteiger partial charge in [0.2, 0.25) is 0 Å². The Bertz CT molecular complexity index is 362. The number of aliphatic hydroxyl groups excluding tert-OH is 1. The normalized spacial score (nSPS) is 12.2. The lowest BCUT2D eigenvalue weighted by atomic mass is 10.1. The molecule has 0 aliphatic rings. The van der Waals surface area contributed by atoms with Crippen molar-refractivity contribution >= 4 is 17.7 Å². The van der Waals surface area contributed by atoms with Gasteiger partial charge in [0.25, 0.3) is 5.91 Å². The number of benzene rings is 1. The maximum Gasteiger partial charge on any atom is 0.253 e. The molecule has 0 aliphatic carbocycles. The molecule has 94 valence electrons. The number of thioether (sulfide) groups is 1. The van der Waals surface area contributed by atoms with Crippen LogP contribution in [0.2, 0.25) is 0 Å². The summed E-state index contributed by atoms with van der Waals surface area (Å²) >= 11 is 1.76. The molecule has 0 heterocycles. The minimum absolute atomic E-state index is 0.0541. The summed E-state index contributed by atoms with van der Waals surface area (Å²) in [6.07, 6.45) is 1.55. The first-order valence-electron chi connectivity index (χ1n) is 5.56. The third kappa shape index (κ3) is 4.40. The lowest BCUT2D eigenvalue weighted by Gasteiger charge is -2.18. The molecule has 0 aliphatic heterocycles. The summed E-state index contributed by atoms with van der Waals surface area (Å²) in [6.45, 7) is 2.02. The van der Waals surface area contributed by atoms with E-state index >= 15 is 0 Å². The van der Waals surface area contributed by atoms with Crippen molar-refractivity contribution < 1.29 is 9.90 Å². The number of rotatable bonds is 5. The van der Waals surface area contributed by atoms with Crippen molar-refractivity contribution in [2.45, 2.75) is 18.8 Å². The summed E-state index contributed by atoms with van der Waals surface area (Å²) in [5, 5.41) is 9.24. The monoisotopic (exact) mass is 253 g/mol. The first-order chi connectivity index (χ1) is 8.04. The zero-order valence-corrected chi connectivity index (χ0v) is 11.3. The van der Waals surface area contributed by atoms with E-state index in [9.17, 15) is 9.90 Å². The van der Waals surface area contributed by atoms with E-state index in [-0.39, 0.29) is 5.91 Å². The van der Waals surface area contributed by atoms with Crippen LogP contribution in [0.5, 0.6) is 0 Å². The van der Waals surface area contributed by atoms with E-state index in [1.54, 1.807) is 25.7 Å². The fourth-order valence-electron chi connectivity index (χ4n) is 1.61. The summed E-state index contributed by atoms with van der Waals surface area (Å²) < 4.78 is 0. The highest BCUT2D eigenvalue weighted by molar-refractivity contribution is 7.97. The van der Waals surface area contributed by atoms with Gasteiger partial charge >= 0.3 is 0 Å². The van der Waals surface area contributed by atoms with E-state index < -0.39 is 6.10 Å². The molecule has 0 fully saturated rings. The Morgan fingerprint density at radius 3 is 2.47 bits per heavy atom. The minimum Gasteiger partial charge on any atom is -0.392 e. The molecule has 0 radical (unpaired) electrons. The summed E-state index contributed by atoms with van der Waals surface area (Å²) in [7, 11) is 1.70. The average Bonchev–Trinajstić information content (AvgIpc) is 2.28. The molecule has 0 aromatic heterocycles. The van der Waals surface area contributed by atoms with Gasteiger partial charge in [-0.2, -0.15) is 11.8 Å². The van der Waals surface area contributed by atoms with Gasteiger partial charge in [-0.25, -0.2) is 0 Å². The van der Waals surface area contributed by atoms with Crippen LogP contribution in [0.4, 0.5) is 0 Å². The van der Waals surface area contributed by atoms with Crippen LogP contribution < -0.4 is 0 Å². The minimum atomic E-state index is -0.500.